The molecule has 4 rings (SSSR count). The van der Waals surface area contributed by atoms with Gasteiger partial charge in [0.15, 0.2) is 0 Å². The number of hydrogen-bond donors (Lipinski definition) is 3. The zero-order valence-electron chi connectivity index (χ0n) is 21.2. The summed E-state index contributed by atoms with van der Waals surface area (Å²) < 4.78 is 27.8. The predicted molar refractivity (Wildman–Crippen MR) is 145 cm³/mol. The molecular formula is C31H31F2N3O2. The Hall–Kier alpha value is -3.94. The number of halogens is 2. The third kappa shape index (κ3) is 7.31. The Morgan fingerprint density at radius 1 is 0.921 bits per heavy atom. The summed E-state index contributed by atoms with van der Waals surface area (Å²) in [5, 5.41) is 17.2. The van der Waals surface area contributed by atoms with Crippen LogP contribution in [0.5, 0.6) is 0 Å². The standard InChI is InChI=1S/C31H31F2N3O2/c1-2-21-7-5-8-22(13-21)18-35-20-30(37)29(16-23-14-25(32)17-26(33)15-23)36-31(38)28-11-4-3-10-27(28)24-9-6-12-34-19-24/h3-15,17,19,29-30,35,37H,2,16,18,20H2,1H3,(H,36,38)/t29?,30-/m1/s1. The van der Waals surface area contributed by atoms with Gasteiger partial charge in [0.25, 0.3) is 5.91 Å². The molecule has 196 valence electrons. The fourth-order valence-corrected chi connectivity index (χ4v) is 4.43. The van der Waals surface area contributed by atoms with Gasteiger partial charge < -0.3 is 15.7 Å². The summed E-state index contributed by atoms with van der Waals surface area (Å²) in [6.07, 6.45) is 3.28. The number of carbonyl (C=O) groups is 1. The number of nitrogens with zero attached hydrogens (tertiary/aromatic N) is 1. The third-order valence-electron chi connectivity index (χ3n) is 6.39. The van der Waals surface area contributed by atoms with E-state index in [0.717, 1.165) is 23.6 Å². The normalized spacial score (nSPS) is 12.6. The van der Waals surface area contributed by atoms with Gasteiger partial charge in [0.2, 0.25) is 0 Å². The molecule has 3 aromatic carbocycles. The van der Waals surface area contributed by atoms with Gasteiger partial charge in [-0.05, 0) is 59.4 Å². The molecule has 2 atom stereocenters. The van der Waals surface area contributed by atoms with E-state index in [4.69, 9.17) is 0 Å². The quantitative estimate of drug-likeness (QED) is 0.260. The molecule has 0 saturated carbocycles. The molecule has 1 aromatic heterocycles. The van der Waals surface area contributed by atoms with Crippen LogP contribution in [-0.2, 0) is 19.4 Å². The van der Waals surface area contributed by atoms with Crippen molar-refractivity contribution < 1.29 is 18.7 Å². The first-order chi connectivity index (χ1) is 18.4. The summed E-state index contributed by atoms with van der Waals surface area (Å²) in [7, 11) is 0. The van der Waals surface area contributed by atoms with E-state index in [1.807, 2.05) is 30.3 Å². The van der Waals surface area contributed by atoms with Crippen molar-refractivity contribution in [3.05, 3.63) is 125 Å². The highest BCUT2D eigenvalue weighted by Crippen LogP contribution is 2.23. The van der Waals surface area contributed by atoms with Gasteiger partial charge in [-0.2, -0.15) is 0 Å². The van der Waals surface area contributed by atoms with Crippen molar-refractivity contribution in [2.75, 3.05) is 6.54 Å². The van der Waals surface area contributed by atoms with Crippen molar-refractivity contribution in [2.45, 2.75) is 38.5 Å². The van der Waals surface area contributed by atoms with Gasteiger partial charge in [-0.3, -0.25) is 9.78 Å². The Kier molecular flexibility index (Phi) is 9.30. The molecule has 1 amide bonds. The largest absolute Gasteiger partial charge is 0.390 e. The van der Waals surface area contributed by atoms with Crippen LogP contribution in [0.2, 0.25) is 0 Å². The van der Waals surface area contributed by atoms with E-state index in [0.29, 0.717) is 23.2 Å². The fraction of sp³-hybridized carbons (Fsp3) is 0.226. The number of pyridine rings is 1. The molecule has 1 unspecified atom stereocenters. The number of aromatic nitrogens is 1. The van der Waals surface area contributed by atoms with Crippen molar-refractivity contribution in [1.82, 2.24) is 15.6 Å². The number of amides is 1. The van der Waals surface area contributed by atoms with Gasteiger partial charge in [0.05, 0.1) is 12.1 Å². The second-order valence-corrected chi connectivity index (χ2v) is 9.22. The van der Waals surface area contributed by atoms with Crippen LogP contribution in [0, 0.1) is 11.6 Å². The number of nitrogens with one attached hydrogen (secondary N) is 2. The average molecular weight is 516 g/mol. The Morgan fingerprint density at radius 3 is 2.42 bits per heavy atom. The van der Waals surface area contributed by atoms with E-state index < -0.39 is 29.7 Å². The van der Waals surface area contributed by atoms with Crippen molar-refractivity contribution in [2.24, 2.45) is 0 Å². The highest BCUT2D eigenvalue weighted by atomic mass is 19.1. The Bertz CT molecular complexity index is 1340. The molecule has 0 bridgehead atoms. The van der Waals surface area contributed by atoms with Crippen LogP contribution in [-0.4, -0.2) is 34.7 Å². The highest BCUT2D eigenvalue weighted by Gasteiger charge is 2.24. The maximum Gasteiger partial charge on any atom is 0.252 e. The van der Waals surface area contributed by atoms with Crippen molar-refractivity contribution in [3.63, 3.8) is 0 Å². The van der Waals surface area contributed by atoms with E-state index in [1.165, 1.54) is 17.7 Å². The minimum atomic E-state index is -1.02. The molecule has 3 N–H and O–H groups in total. The molecular weight excluding hydrogens is 484 g/mol. The van der Waals surface area contributed by atoms with E-state index in [-0.39, 0.29) is 13.0 Å². The Morgan fingerprint density at radius 2 is 1.68 bits per heavy atom. The lowest BCUT2D eigenvalue weighted by Gasteiger charge is -2.25. The molecule has 5 nitrogen and oxygen atoms in total. The third-order valence-corrected chi connectivity index (χ3v) is 6.39. The van der Waals surface area contributed by atoms with Crippen LogP contribution in [0.15, 0.2) is 91.3 Å². The van der Waals surface area contributed by atoms with Gasteiger partial charge in [-0.25, -0.2) is 8.78 Å². The summed E-state index contributed by atoms with van der Waals surface area (Å²) in [5.41, 5.74) is 4.51. The number of aryl methyl sites for hydroxylation is 1. The number of aliphatic hydroxyl groups is 1. The van der Waals surface area contributed by atoms with Gasteiger partial charge in [0.1, 0.15) is 11.6 Å². The number of carbonyl (C=O) groups excluding carboxylic acids is 1. The summed E-state index contributed by atoms with van der Waals surface area (Å²) >= 11 is 0. The van der Waals surface area contributed by atoms with Gasteiger partial charge >= 0.3 is 0 Å². The molecule has 0 saturated heterocycles. The fourth-order valence-electron chi connectivity index (χ4n) is 4.43. The first-order valence-electron chi connectivity index (χ1n) is 12.6. The van der Waals surface area contributed by atoms with E-state index in [2.05, 4.69) is 34.7 Å². The van der Waals surface area contributed by atoms with Crippen molar-refractivity contribution in [3.8, 4) is 11.1 Å². The van der Waals surface area contributed by atoms with Crippen LogP contribution in [0.3, 0.4) is 0 Å². The lowest BCUT2D eigenvalue weighted by Crippen LogP contribution is -2.48. The zero-order chi connectivity index (χ0) is 26.9. The smallest absolute Gasteiger partial charge is 0.252 e. The second-order valence-electron chi connectivity index (χ2n) is 9.22. The van der Waals surface area contributed by atoms with Crippen LogP contribution < -0.4 is 10.6 Å². The topological polar surface area (TPSA) is 74.2 Å². The van der Waals surface area contributed by atoms with Crippen LogP contribution in [0.4, 0.5) is 8.78 Å². The van der Waals surface area contributed by atoms with E-state index >= 15 is 0 Å². The molecule has 38 heavy (non-hydrogen) atoms. The monoisotopic (exact) mass is 515 g/mol. The van der Waals surface area contributed by atoms with Crippen molar-refractivity contribution in [1.29, 1.82) is 0 Å². The Labute approximate surface area is 221 Å². The SMILES string of the molecule is CCc1cccc(CNC[C@@H](O)C(Cc2cc(F)cc(F)c2)NC(=O)c2ccccc2-c2cccnc2)c1. The van der Waals surface area contributed by atoms with E-state index in [1.54, 1.807) is 30.6 Å². The second kappa shape index (κ2) is 13.0. The highest BCUT2D eigenvalue weighted by molar-refractivity contribution is 6.01. The molecule has 7 heteroatoms. The van der Waals surface area contributed by atoms with Crippen LogP contribution in [0.25, 0.3) is 11.1 Å². The van der Waals surface area contributed by atoms with Gasteiger partial charge in [-0.1, -0.05) is 55.5 Å². The maximum atomic E-state index is 13.9. The lowest BCUT2D eigenvalue weighted by molar-refractivity contribution is 0.0830. The summed E-state index contributed by atoms with van der Waals surface area (Å²) in [4.78, 5) is 17.6. The average Bonchev–Trinajstić information content (AvgIpc) is 2.92. The van der Waals surface area contributed by atoms with Gasteiger partial charge in [0, 0.05) is 42.7 Å². The summed E-state index contributed by atoms with van der Waals surface area (Å²) in [5.74, 6) is -1.83. The predicted octanol–water partition coefficient (Wildman–Crippen LogP) is 5.08. The number of aliphatic hydroxyl groups excluding tert-OH is 1. The molecule has 0 aliphatic carbocycles. The zero-order valence-corrected chi connectivity index (χ0v) is 21.2. The van der Waals surface area contributed by atoms with Crippen LogP contribution >= 0.6 is 0 Å². The number of benzene rings is 3. The minimum Gasteiger partial charge on any atom is -0.390 e. The summed E-state index contributed by atoms with van der Waals surface area (Å²) in [6, 6.07) is 21.3. The molecule has 1 heterocycles. The number of rotatable bonds is 11. The molecule has 0 fully saturated rings. The molecule has 4 aromatic rings. The van der Waals surface area contributed by atoms with Crippen molar-refractivity contribution >= 4 is 5.91 Å². The molecule has 0 aliphatic rings. The lowest BCUT2D eigenvalue weighted by atomic mass is 9.97. The summed E-state index contributed by atoms with van der Waals surface area (Å²) in [6.45, 7) is 2.79. The molecule has 0 spiro atoms. The Balaban J connectivity index is 1.52. The number of hydrogen-bond acceptors (Lipinski definition) is 4. The first-order valence-corrected chi connectivity index (χ1v) is 12.6. The van der Waals surface area contributed by atoms with E-state index in [9.17, 15) is 18.7 Å². The minimum absolute atomic E-state index is 0.0453. The first kappa shape index (κ1) is 27.1. The maximum absolute atomic E-state index is 13.9. The van der Waals surface area contributed by atoms with Crippen LogP contribution in [0.1, 0.15) is 34.0 Å². The molecule has 0 aliphatic heterocycles. The molecule has 0 radical (unpaired) electrons. The van der Waals surface area contributed by atoms with Gasteiger partial charge in [-0.15, -0.1) is 0 Å².